The molecule has 4 heteroatoms. The Hall–Kier alpha value is -1.29. The number of aliphatic carboxylic acids is 1. The van der Waals surface area contributed by atoms with Crippen LogP contribution in [0.1, 0.15) is 15.9 Å². The van der Waals surface area contributed by atoms with Crippen LogP contribution in [-0.2, 0) is 4.79 Å². The van der Waals surface area contributed by atoms with E-state index >= 15 is 0 Å². The average molecular weight is 224 g/mol. The lowest BCUT2D eigenvalue weighted by Crippen LogP contribution is -2.06. The van der Waals surface area contributed by atoms with Crippen molar-refractivity contribution in [3.63, 3.8) is 0 Å². The predicted octanol–water partition coefficient (Wildman–Crippen LogP) is 2.00. The summed E-state index contributed by atoms with van der Waals surface area (Å²) in [5.41, 5.74) is 1.74. The number of ketones is 1. The monoisotopic (exact) mass is 224 g/mol. The minimum Gasteiger partial charge on any atom is -0.481 e. The summed E-state index contributed by atoms with van der Waals surface area (Å²) in [7, 11) is 0. The first-order valence-corrected chi connectivity index (χ1v) is 5.64. The van der Waals surface area contributed by atoms with Crippen LogP contribution in [-0.4, -0.2) is 28.4 Å². The Labute approximate surface area is 92.5 Å². The van der Waals surface area contributed by atoms with E-state index in [1.54, 1.807) is 12.1 Å². The highest BCUT2D eigenvalue weighted by Gasteiger charge is 2.06. The first-order chi connectivity index (χ1) is 7.09. The van der Waals surface area contributed by atoms with Gasteiger partial charge in [0.15, 0.2) is 5.78 Å². The van der Waals surface area contributed by atoms with E-state index in [2.05, 4.69) is 0 Å². The standard InChI is InChI=1S/C11H12O3S/c1-8-2-4-9(5-3-8)10(12)6-15-7-11(13)14/h2-5H,6-7H2,1H3,(H,13,14). The molecule has 3 nitrogen and oxygen atoms in total. The molecule has 0 saturated carbocycles. The molecule has 0 aliphatic rings. The van der Waals surface area contributed by atoms with Gasteiger partial charge in [-0.05, 0) is 6.92 Å². The molecule has 0 bridgehead atoms. The van der Waals surface area contributed by atoms with Crippen molar-refractivity contribution in [3.05, 3.63) is 35.4 Å². The molecule has 0 radical (unpaired) electrons. The number of carbonyl (C=O) groups is 2. The zero-order chi connectivity index (χ0) is 11.3. The van der Waals surface area contributed by atoms with Crippen molar-refractivity contribution in [2.45, 2.75) is 6.92 Å². The van der Waals surface area contributed by atoms with E-state index < -0.39 is 5.97 Å². The summed E-state index contributed by atoms with van der Waals surface area (Å²) in [5, 5.41) is 8.40. The highest BCUT2D eigenvalue weighted by Crippen LogP contribution is 2.08. The highest BCUT2D eigenvalue weighted by molar-refractivity contribution is 8.00. The molecule has 0 heterocycles. The summed E-state index contributed by atoms with van der Waals surface area (Å²) < 4.78 is 0. The first-order valence-electron chi connectivity index (χ1n) is 4.49. The summed E-state index contributed by atoms with van der Waals surface area (Å²) in [4.78, 5) is 21.8. The number of hydrogen-bond donors (Lipinski definition) is 1. The lowest BCUT2D eigenvalue weighted by molar-refractivity contribution is -0.133. The lowest BCUT2D eigenvalue weighted by atomic mass is 10.1. The molecule has 0 atom stereocenters. The van der Waals surface area contributed by atoms with Gasteiger partial charge in [0, 0.05) is 5.56 Å². The molecule has 0 aliphatic carbocycles. The molecule has 1 aromatic carbocycles. The first kappa shape index (κ1) is 11.8. The molecule has 15 heavy (non-hydrogen) atoms. The second kappa shape index (κ2) is 5.56. The van der Waals surface area contributed by atoms with Crippen LogP contribution in [0.25, 0.3) is 0 Å². The van der Waals surface area contributed by atoms with E-state index in [9.17, 15) is 9.59 Å². The third-order valence-electron chi connectivity index (χ3n) is 1.83. The number of rotatable bonds is 5. The average Bonchev–Trinajstić information content (AvgIpc) is 2.18. The Morgan fingerprint density at radius 1 is 1.20 bits per heavy atom. The molecule has 0 spiro atoms. The quantitative estimate of drug-likeness (QED) is 0.777. The lowest BCUT2D eigenvalue weighted by Gasteiger charge is -2.00. The smallest absolute Gasteiger partial charge is 0.313 e. The molecule has 1 aromatic rings. The molecule has 0 saturated heterocycles. The van der Waals surface area contributed by atoms with E-state index in [1.165, 1.54) is 0 Å². The zero-order valence-corrected chi connectivity index (χ0v) is 9.21. The predicted molar refractivity (Wildman–Crippen MR) is 60.5 cm³/mol. The topological polar surface area (TPSA) is 54.4 Å². The highest BCUT2D eigenvalue weighted by atomic mass is 32.2. The number of hydrogen-bond acceptors (Lipinski definition) is 3. The Kier molecular flexibility index (Phi) is 4.37. The molecule has 0 fully saturated rings. The summed E-state index contributed by atoms with van der Waals surface area (Å²) in [6, 6.07) is 7.27. The van der Waals surface area contributed by atoms with Crippen molar-refractivity contribution < 1.29 is 14.7 Å². The summed E-state index contributed by atoms with van der Waals surface area (Å²) in [6.07, 6.45) is 0. The van der Waals surface area contributed by atoms with E-state index in [-0.39, 0.29) is 17.3 Å². The fourth-order valence-corrected chi connectivity index (χ4v) is 1.68. The van der Waals surface area contributed by atoms with Gasteiger partial charge in [0.1, 0.15) is 0 Å². The van der Waals surface area contributed by atoms with Crippen LogP contribution < -0.4 is 0 Å². The number of aryl methyl sites for hydroxylation is 1. The van der Waals surface area contributed by atoms with Gasteiger partial charge in [0.2, 0.25) is 0 Å². The normalized spacial score (nSPS) is 9.93. The van der Waals surface area contributed by atoms with Crippen LogP contribution >= 0.6 is 11.8 Å². The van der Waals surface area contributed by atoms with E-state index in [1.807, 2.05) is 19.1 Å². The van der Waals surface area contributed by atoms with E-state index in [0.29, 0.717) is 5.56 Å². The van der Waals surface area contributed by atoms with Gasteiger partial charge in [0.25, 0.3) is 0 Å². The minimum atomic E-state index is -0.892. The number of thioether (sulfide) groups is 1. The van der Waals surface area contributed by atoms with Crippen molar-refractivity contribution in [2.24, 2.45) is 0 Å². The second-order valence-electron chi connectivity index (χ2n) is 3.18. The van der Waals surface area contributed by atoms with Gasteiger partial charge in [-0.3, -0.25) is 9.59 Å². The van der Waals surface area contributed by atoms with Crippen LogP contribution in [0.5, 0.6) is 0 Å². The van der Waals surface area contributed by atoms with Gasteiger partial charge in [0.05, 0.1) is 11.5 Å². The Balaban J connectivity index is 2.47. The van der Waals surface area contributed by atoms with Crippen molar-refractivity contribution >= 4 is 23.5 Å². The molecule has 0 aliphatic heterocycles. The fourth-order valence-electron chi connectivity index (χ4n) is 1.05. The molecule has 0 aromatic heterocycles. The van der Waals surface area contributed by atoms with Gasteiger partial charge >= 0.3 is 5.97 Å². The third kappa shape index (κ3) is 4.16. The number of carboxylic acids is 1. The Morgan fingerprint density at radius 3 is 2.33 bits per heavy atom. The largest absolute Gasteiger partial charge is 0.481 e. The molecule has 1 rings (SSSR count). The maximum absolute atomic E-state index is 11.5. The van der Waals surface area contributed by atoms with Gasteiger partial charge in [-0.2, -0.15) is 0 Å². The molecule has 1 N–H and O–H groups in total. The molecule has 0 amide bonds. The number of carboxylic acid groups (broad SMARTS) is 1. The summed E-state index contributed by atoms with van der Waals surface area (Å²) in [5.74, 6) is -0.731. The van der Waals surface area contributed by atoms with Crippen LogP contribution in [0.15, 0.2) is 24.3 Å². The van der Waals surface area contributed by atoms with Gasteiger partial charge in [-0.1, -0.05) is 29.8 Å². The SMILES string of the molecule is Cc1ccc(C(=O)CSCC(=O)O)cc1. The molecule has 80 valence electrons. The van der Waals surface area contributed by atoms with Crippen LogP contribution in [0.3, 0.4) is 0 Å². The van der Waals surface area contributed by atoms with Gasteiger partial charge in [-0.25, -0.2) is 0 Å². The van der Waals surface area contributed by atoms with Gasteiger partial charge in [-0.15, -0.1) is 11.8 Å². The van der Waals surface area contributed by atoms with Gasteiger partial charge < -0.3 is 5.11 Å². The summed E-state index contributed by atoms with van der Waals surface area (Å²) in [6.45, 7) is 1.95. The van der Waals surface area contributed by atoms with Crippen molar-refractivity contribution in [2.75, 3.05) is 11.5 Å². The minimum absolute atomic E-state index is 0.0266. The maximum atomic E-state index is 11.5. The van der Waals surface area contributed by atoms with Crippen LogP contribution in [0, 0.1) is 6.92 Å². The third-order valence-corrected chi connectivity index (χ3v) is 2.75. The maximum Gasteiger partial charge on any atom is 0.313 e. The van der Waals surface area contributed by atoms with Crippen molar-refractivity contribution in [1.29, 1.82) is 0 Å². The summed E-state index contributed by atoms with van der Waals surface area (Å²) >= 11 is 1.12. The Bertz CT molecular complexity index is 357. The fraction of sp³-hybridized carbons (Fsp3) is 0.273. The Morgan fingerprint density at radius 2 is 1.80 bits per heavy atom. The molecular weight excluding hydrogens is 212 g/mol. The molecule has 0 unspecified atom stereocenters. The number of benzene rings is 1. The molecular formula is C11H12O3S. The van der Waals surface area contributed by atoms with Crippen LogP contribution in [0.4, 0.5) is 0 Å². The zero-order valence-electron chi connectivity index (χ0n) is 8.40. The van der Waals surface area contributed by atoms with E-state index in [4.69, 9.17) is 5.11 Å². The van der Waals surface area contributed by atoms with E-state index in [0.717, 1.165) is 17.3 Å². The van der Waals surface area contributed by atoms with Crippen LogP contribution in [0.2, 0.25) is 0 Å². The number of carbonyl (C=O) groups excluding carboxylic acids is 1. The van der Waals surface area contributed by atoms with Crippen molar-refractivity contribution in [3.8, 4) is 0 Å². The van der Waals surface area contributed by atoms with Crippen molar-refractivity contribution in [1.82, 2.24) is 0 Å². The number of Topliss-reactive ketones (excluding diaryl/α,β-unsaturated/α-hetero) is 1. The second-order valence-corrected chi connectivity index (χ2v) is 4.16.